The normalized spacial score (nSPS) is 13.0. The molecule has 0 saturated heterocycles. The van der Waals surface area contributed by atoms with Crippen LogP contribution in [0.15, 0.2) is 42.1 Å². The molecule has 10 heteroatoms. The topological polar surface area (TPSA) is 95.3 Å². The summed E-state index contributed by atoms with van der Waals surface area (Å²) in [5.74, 6) is 0.932. The first-order valence-corrected chi connectivity index (χ1v) is 15.0. The fraction of sp³-hybridized carbons (Fsp3) is 0.448. The van der Waals surface area contributed by atoms with E-state index in [1.165, 1.54) is 28.7 Å². The number of carbonyl (C=O) groups is 2. The second-order valence-corrected chi connectivity index (χ2v) is 12.4. The lowest BCUT2D eigenvalue weighted by molar-refractivity contribution is -0.113. The summed E-state index contributed by atoms with van der Waals surface area (Å²) in [4.78, 5) is 26.8. The number of carbonyl (C=O) groups excluding carboxylic acids is 2. The molecule has 3 aromatic rings. The van der Waals surface area contributed by atoms with Gasteiger partial charge in [-0.05, 0) is 61.3 Å². The van der Waals surface area contributed by atoms with Crippen molar-refractivity contribution in [3.05, 3.63) is 64.3 Å². The molecule has 2 aromatic heterocycles. The van der Waals surface area contributed by atoms with Gasteiger partial charge in [-0.1, -0.05) is 50.7 Å². The van der Waals surface area contributed by atoms with E-state index in [1.54, 1.807) is 13.0 Å². The van der Waals surface area contributed by atoms with E-state index in [4.69, 9.17) is 9.47 Å². The number of thioether (sulfide) groups is 1. The average molecular weight is 569 g/mol. The van der Waals surface area contributed by atoms with Crippen molar-refractivity contribution in [2.24, 2.45) is 0 Å². The van der Waals surface area contributed by atoms with Gasteiger partial charge in [0.2, 0.25) is 5.91 Å². The molecule has 2 heterocycles. The van der Waals surface area contributed by atoms with Crippen molar-refractivity contribution in [1.82, 2.24) is 14.8 Å². The Morgan fingerprint density at radius 1 is 1.18 bits per heavy atom. The lowest BCUT2D eigenvalue weighted by atomic mass is 9.87. The molecule has 4 rings (SSSR count). The van der Waals surface area contributed by atoms with E-state index in [1.807, 2.05) is 16.7 Å². The van der Waals surface area contributed by atoms with Crippen LogP contribution in [-0.4, -0.2) is 39.0 Å². The van der Waals surface area contributed by atoms with Crippen LogP contribution in [0.5, 0.6) is 5.75 Å². The Bertz CT molecular complexity index is 1320. The van der Waals surface area contributed by atoms with Gasteiger partial charge in [-0.3, -0.25) is 9.36 Å². The molecule has 208 valence electrons. The van der Waals surface area contributed by atoms with Gasteiger partial charge in [0.1, 0.15) is 17.4 Å². The highest BCUT2D eigenvalue weighted by molar-refractivity contribution is 7.99. The van der Waals surface area contributed by atoms with Crippen molar-refractivity contribution in [2.45, 2.75) is 77.1 Å². The molecule has 0 fully saturated rings. The molecule has 0 aliphatic heterocycles. The number of hydrogen-bond donors (Lipinski definition) is 1. The maximum atomic E-state index is 12.9. The molecule has 0 atom stereocenters. The molecule has 0 unspecified atom stereocenters. The van der Waals surface area contributed by atoms with E-state index in [-0.39, 0.29) is 29.7 Å². The Labute approximate surface area is 238 Å². The van der Waals surface area contributed by atoms with E-state index in [0.717, 1.165) is 41.9 Å². The maximum absolute atomic E-state index is 12.9. The molecule has 0 spiro atoms. The third kappa shape index (κ3) is 7.10. The van der Waals surface area contributed by atoms with Crippen molar-refractivity contribution in [3.8, 4) is 5.75 Å². The molecule has 1 amide bonds. The van der Waals surface area contributed by atoms with Gasteiger partial charge < -0.3 is 14.8 Å². The van der Waals surface area contributed by atoms with Crippen LogP contribution in [-0.2, 0) is 40.9 Å². The summed E-state index contributed by atoms with van der Waals surface area (Å²) >= 11 is 2.77. The number of rotatable bonds is 11. The van der Waals surface area contributed by atoms with Crippen LogP contribution < -0.4 is 10.1 Å². The number of hydrogen-bond acceptors (Lipinski definition) is 8. The van der Waals surface area contributed by atoms with E-state index < -0.39 is 0 Å². The summed E-state index contributed by atoms with van der Waals surface area (Å²) in [7, 11) is 0. The maximum Gasteiger partial charge on any atom is 0.341 e. The highest BCUT2D eigenvalue weighted by atomic mass is 32.2. The molecular weight excluding hydrogens is 532 g/mol. The second kappa shape index (κ2) is 12.8. The number of amides is 1. The van der Waals surface area contributed by atoms with Crippen LogP contribution in [0.1, 0.15) is 72.7 Å². The zero-order chi connectivity index (χ0) is 28.0. The third-order valence-corrected chi connectivity index (χ3v) is 8.60. The first-order valence-electron chi connectivity index (χ1n) is 13.2. The Kier molecular flexibility index (Phi) is 9.50. The van der Waals surface area contributed by atoms with E-state index in [0.29, 0.717) is 34.7 Å². The Balaban J connectivity index is 1.40. The van der Waals surface area contributed by atoms with Crippen LogP contribution >= 0.6 is 23.1 Å². The molecule has 0 radical (unpaired) electrons. The second-order valence-electron chi connectivity index (χ2n) is 10.3. The van der Waals surface area contributed by atoms with E-state index >= 15 is 0 Å². The quantitative estimate of drug-likeness (QED) is 0.167. The van der Waals surface area contributed by atoms with Gasteiger partial charge in [-0.25, -0.2) is 4.79 Å². The average Bonchev–Trinajstić information content (AvgIpc) is 3.46. The Morgan fingerprint density at radius 2 is 1.92 bits per heavy atom. The molecule has 1 aliphatic rings. The monoisotopic (exact) mass is 568 g/mol. The number of fused-ring (bicyclic) bond motifs is 1. The fourth-order valence-corrected chi connectivity index (χ4v) is 6.47. The highest BCUT2D eigenvalue weighted by Crippen LogP contribution is 2.38. The summed E-state index contributed by atoms with van der Waals surface area (Å²) in [6.45, 7) is 13.2. The predicted molar refractivity (Wildman–Crippen MR) is 156 cm³/mol. The lowest BCUT2D eigenvalue weighted by Gasteiger charge is -2.19. The summed E-state index contributed by atoms with van der Waals surface area (Å²) in [5, 5.41) is 12.7. The van der Waals surface area contributed by atoms with Gasteiger partial charge in [0.05, 0.1) is 17.9 Å². The summed E-state index contributed by atoms with van der Waals surface area (Å²) in [6, 6.07) is 8.06. The number of aromatic nitrogens is 3. The van der Waals surface area contributed by atoms with Crippen LogP contribution in [0.25, 0.3) is 0 Å². The van der Waals surface area contributed by atoms with Crippen molar-refractivity contribution in [2.75, 3.05) is 17.7 Å². The number of allylic oxidation sites excluding steroid dienone is 1. The first kappa shape index (κ1) is 28.9. The van der Waals surface area contributed by atoms with Gasteiger partial charge in [0.25, 0.3) is 0 Å². The van der Waals surface area contributed by atoms with Crippen molar-refractivity contribution in [3.63, 3.8) is 0 Å². The van der Waals surface area contributed by atoms with Crippen LogP contribution in [0, 0.1) is 0 Å². The molecular formula is C29H36N4O4S2. The van der Waals surface area contributed by atoms with Crippen LogP contribution in [0.3, 0.4) is 0 Å². The minimum Gasteiger partial charge on any atom is -0.486 e. The third-order valence-electron chi connectivity index (χ3n) is 6.43. The van der Waals surface area contributed by atoms with E-state index in [9.17, 15) is 9.59 Å². The molecule has 1 aliphatic carbocycles. The number of esters is 1. The largest absolute Gasteiger partial charge is 0.486 e. The molecule has 1 N–H and O–H groups in total. The first-order chi connectivity index (χ1) is 18.7. The van der Waals surface area contributed by atoms with Crippen molar-refractivity contribution < 1.29 is 19.1 Å². The van der Waals surface area contributed by atoms with Gasteiger partial charge in [-0.15, -0.1) is 28.1 Å². The number of benzene rings is 1. The van der Waals surface area contributed by atoms with Crippen LogP contribution in [0.4, 0.5) is 5.00 Å². The Hall–Kier alpha value is -3.11. The SMILES string of the molecule is C=CCn1c(COc2ccc(C(C)(C)C)cc2)nnc1SCC(=O)Nc1sc2c(c1C(=O)OCC)CCCC2. The number of anilines is 1. The van der Waals surface area contributed by atoms with Gasteiger partial charge >= 0.3 is 5.97 Å². The number of thiophene rings is 1. The van der Waals surface area contributed by atoms with E-state index in [2.05, 4.69) is 55.0 Å². The molecule has 0 bridgehead atoms. The van der Waals surface area contributed by atoms with Crippen molar-refractivity contribution >= 4 is 40.0 Å². The summed E-state index contributed by atoms with van der Waals surface area (Å²) in [6.07, 6.45) is 5.64. The molecule has 0 saturated carbocycles. The number of aryl methyl sites for hydroxylation is 1. The zero-order valence-corrected chi connectivity index (χ0v) is 24.7. The number of nitrogens with one attached hydrogen (secondary N) is 1. The highest BCUT2D eigenvalue weighted by Gasteiger charge is 2.27. The summed E-state index contributed by atoms with van der Waals surface area (Å²) in [5.41, 5.74) is 2.85. The molecule has 39 heavy (non-hydrogen) atoms. The standard InChI is InChI=1S/C29H36N4O4S2/c1-6-16-33-23(17-37-20-14-12-19(13-15-20)29(3,4)5)31-32-28(33)38-18-24(34)30-26-25(27(35)36-7-2)21-10-8-9-11-22(21)39-26/h6,12-15H,1,7-11,16-18H2,2-5H3,(H,30,34). The molecule has 1 aromatic carbocycles. The lowest BCUT2D eigenvalue weighted by Crippen LogP contribution is -2.17. The zero-order valence-electron chi connectivity index (χ0n) is 23.0. The van der Waals surface area contributed by atoms with Gasteiger partial charge in [-0.2, -0.15) is 0 Å². The predicted octanol–water partition coefficient (Wildman–Crippen LogP) is 6.19. The van der Waals surface area contributed by atoms with Gasteiger partial charge in [0, 0.05) is 11.4 Å². The summed E-state index contributed by atoms with van der Waals surface area (Å²) < 4.78 is 13.2. The van der Waals surface area contributed by atoms with Gasteiger partial charge in [0.15, 0.2) is 11.0 Å². The fourth-order valence-electron chi connectivity index (χ4n) is 4.41. The number of nitrogens with zero attached hydrogens (tertiary/aromatic N) is 3. The molecule has 8 nitrogen and oxygen atoms in total. The minimum atomic E-state index is -0.372. The Morgan fingerprint density at radius 3 is 2.62 bits per heavy atom. The van der Waals surface area contributed by atoms with Crippen LogP contribution in [0.2, 0.25) is 0 Å². The van der Waals surface area contributed by atoms with Crippen molar-refractivity contribution in [1.29, 1.82) is 0 Å². The number of ether oxygens (including phenoxy) is 2. The smallest absolute Gasteiger partial charge is 0.341 e. The minimum absolute atomic E-state index is 0.0737.